The molecule has 2 rings (SSSR count). The predicted molar refractivity (Wildman–Crippen MR) is 78.3 cm³/mol. The molecule has 0 saturated carbocycles. The van der Waals surface area contributed by atoms with E-state index >= 15 is 0 Å². The highest BCUT2D eigenvalue weighted by Crippen LogP contribution is 2.08. The summed E-state index contributed by atoms with van der Waals surface area (Å²) in [5, 5.41) is 3.90. The number of hydrogen-bond acceptors (Lipinski definition) is 2. The second-order valence-electron chi connectivity index (χ2n) is 4.46. The lowest BCUT2D eigenvalue weighted by Gasteiger charge is -2.03. The average molecular weight is 252 g/mol. The zero-order chi connectivity index (χ0) is 13.5. The zero-order valence-corrected chi connectivity index (χ0v) is 11.4. The van der Waals surface area contributed by atoms with E-state index in [1.54, 1.807) is 0 Å². The average Bonchev–Trinajstić information content (AvgIpc) is 2.45. The Morgan fingerprint density at radius 2 is 1.95 bits per heavy atom. The van der Waals surface area contributed by atoms with Crippen molar-refractivity contribution in [3.63, 3.8) is 0 Å². The fraction of sp³-hybridized carbons (Fsp3) is 0.235. The Labute approximate surface area is 114 Å². The maximum atomic E-state index is 5.29. The lowest BCUT2D eigenvalue weighted by Crippen LogP contribution is -1.91. The van der Waals surface area contributed by atoms with Crippen LogP contribution in [0.15, 0.2) is 53.7 Å². The van der Waals surface area contributed by atoms with Gasteiger partial charge >= 0.3 is 0 Å². The van der Waals surface area contributed by atoms with Crippen molar-refractivity contribution in [3.05, 3.63) is 70.8 Å². The third-order valence-electron chi connectivity index (χ3n) is 3.06. The lowest BCUT2D eigenvalue weighted by molar-refractivity contribution is 0.131. The van der Waals surface area contributed by atoms with Crippen LogP contribution in [0.5, 0.6) is 0 Å². The van der Waals surface area contributed by atoms with Gasteiger partial charge in [0, 0.05) is 5.56 Å². The molecule has 2 heteroatoms. The van der Waals surface area contributed by atoms with Gasteiger partial charge in [-0.2, -0.15) is 0 Å². The van der Waals surface area contributed by atoms with Crippen LogP contribution >= 0.6 is 0 Å². The highest BCUT2D eigenvalue weighted by atomic mass is 16.6. The van der Waals surface area contributed by atoms with Crippen LogP contribution < -0.4 is 0 Å². The standard InChI is InChI=1S/C17H18NO/c1-3-15-8-6-9-16(11-15)12-18-19-13-17-10-5-4-7-14(17)2/h4-11H,3,13H2,1-2H3. The molecule has 0 saturated heterocycles. The van der Waals surface area contributed by atoms with Crippen LogP contribution in [0.25, 0.3) is 0 Å². The summed E-state index contributed by atoms with van der Waals surface area (Å²) in [6.45, 7) is 4.68. The second-order valence-corrected chi connectivity index (χ2v) is 4.46. The Balaban J connectivity index is 1.91. The molecule has 0 unspecified atom stereocenters. The fourth-order valence-corrected chi connectivity index (χ4v) is 1.82. The van der Waals surface area contributed by atoms with Crippen LogP contribution in [-0.4, -0.2) is 6.21 Å². The molecule has 0 atom stereocenters. The molecule has 2 aromatic carbocycles. The molecule has 0 N–H and O–H groups in total. The van der Waals surface area contributed by atoms with Crippen LogP contribution in [0.3, 0.4) is 0 Å². The van der Waals surface area contributed by atoms with Crippen LogP contribution in [0, 0.1) is 6.92 Å². The monoisotopic (exact) mass is 252 g/mol. The van der Waals surface area contributed by atoms with E-state index in [1.165, 1.54) is 11.1 Å². The first-order chi connectivity index (χ1) is 9.29. The first kappa shape index (κ1) is 13.3. The minimum Gasteiger partial charge on any atom is -0.390 e. The zero-order valence-electron chi connectivity index (χ0n) is 11.4. The van der Waals surface area contributed by atoms with Crippen LogP contribution in [0.4, 0.5) is 0 Å². The summed E-state index contributed by atoms with van der Waals surface area (Å²) >= 11 is 0. The number of benzene rings is 2. The molecule has 97 valence electrons. The van der Waals surface area contributed by atoms with Crippen molar-refractivity contribution in [2.75, 3.05) is 0 Å². The summed E-state index contributed by atoms with van der Waals surface area (Å²) in [4.78, 5) is 5.29. The van der Waals surface area contributed by atoms with Gasteiger partial charge in [0.25, 0.3) is 0 Å². The van der Waals surface area contributed by atoms with Crippen molar-refractivity contribution < 1.29 is 4.84 Å². The Kier molecular flexibility index (Phi) is 4.73. The topological polar surface area (TPSA) is 21.6 Å². The molecule has 0 bridgehead atoms. The highest BCUT2D eigenvalue weighted by Gasteiger charge is 1.96. The largest absolute Gasteiger partial charge is 0.390 e. The van der Waals surface area contributed by atoms with Crippen molar-refractivity contribution in [1.29, 1.82) is 0 Å². The van der Waals surface area contributed by atoms with Gasteiger partial charge in [-0.3, -0.25) is 0 Å². The van der Waals surface area contributed by atoms with E-state index < -0.39 is 0 Å². The first-order valence-electron chi connectivity index (χ1n) is 6.51. The minimum absolute atomic E-state index is 0.479. The van der Waals surface area contributed by atoms with Crippen molar-refractivity contribution >= 4 is 6.21 Å². The Morgan fingerprint density at radius 1 is 1.11 bits per heavy atom. The molecule has 0 aliphatic heterocycles. The quantitative estimate of drug-likeness (QED) is 0.582. The molecular weight excluding hydrogens is 234 g/mol. The van der Waals surface area contributed by atoms with Gasteiger partial charge < -0.3 is 4.84 Å². The smallest absolute Gasteiger partial charge is 0.142 e. The molecule has 0 spiro atoms. The van der Waals surface area contributed by atoms with Crippen LogP contribution in [0.2, 0.25) is 0 Å². The summed E-state index contributed by atoms with van der Waals surface area (Å²) in [6, 6.07) is 16.3. The first-order valence-corrected chi connectivity index (χ1v) is 6.51. The molecule has 0 aromatic heterocycles. The highest BCUT2D eigenvalue weighted by molar-refractivity contribution is 5.79. The van der Waals surface area contributed by atoms with Crippen molar-refractivity contribution in [2.24, 2.45) is 5.16 Å². The number of nitrogens with zero attached hydrogens (tertiary/aromatic N) is 1. The van der Waals surface area contributed by atoms with Gasteiger partial charge in [-0.25, -0.2) is 0 Å². The van der Waals surface area contributed by atoms with Gasteiger partial charge in [0.05, 0.1) is 0 Å². The molecule has 0 aliphatic carbocycles. The minimum atomic E-state index is 0.479. The van der Waals surface area contributed by atoms with Crippen molar-refractivity contribution in [1.82, 2.24) is 0 Å². The van der Waals surface area contributed by atoms with E-state index in [0.717, 1.165) is 17.5 Å². The second kappa shape index (κ2) is 6.74. The molecule has 19 heavy (non-hydrogen) atoms. The summed E-state index contributed by atoms with van der Waals surface area (Å²) in [6.07, 6.45) is 3.93. The maximum absolute atomic E-state index is 5.29. The van der Waals surface area contributed by atoms with E-state index in [2.05, 4.69) is 43.4 Å². The van der Waals surface area contributed by atoms with E-state index in [0.29, 0.717) is 6.61 Å². The Morgan fingerprint density at radius 3 is 2.74 bits per heavy atom. The summed E-state index contributed by atoms with van der Waals surface area (Å²) < 4.78 is 0. The fourth-order valence-electron chi connectivity index (χ4n) is 1.82. The third kappa shape index (κ3) is 3.95. The van der Waals surface area contributed by atoms with Gasteiger partial charge in [-0.05, 0) is 36.1 Å². The van der Waals surface area contributed by atoms with Crippen molar-refractivity contribution in [3.8, 4) is 0 Å². The Bertz CT molecular complexity index is 561. The molecule has 0 heterocycles. The van der Waals surface area contributed by atoms with Gasteiger partial charge in [-0.15, -0.1) is 0 Å². The normalized spacial score (nSPS) is 10.8. The molecule has 0 aliphatic rings. The third-order valence-corrected chi connectivity index (χ3v) is 3.06. The SMILES string of the molecule is CCc1cccc(/[C]=N\OCc2ccccc2C)c1. The number of hydrogen-bond donors (Lipinski definition) is 0. The maximum Gasteiger partial charge on any atom is 0.142 e. The number of aryl methyl sites for hydroxylation is 2. The van der Waals surface area contributed by atoms with Gasteiger partial charge in [0.2, 0.25) is 0 Å². The van der Waals surface area contributed by atoms with E-state index in [9.17, 15) is 0 Å². The summed E-state index contributed by atoms with van der Waals surface area (Å²) in [7, 11) is 0. The van der Waals surface area contributed by atoms with Gasteiger partial charge in [0.15, 0.2) is 0 Å². The Hall–Kier alpha value is -2.09. The molecule has 0 fully saturated rings. The van der Waals surface area contributed by atoms with Crippen molar-refractivity contribution in [2.45, 2.75) is 26.9 Å². The molecule has 2 aromatic rings. The van der Waals surface area contributed by atoms with E-state index in [4.69, 9.17) is 4.84 Å². The van der Waals surface area contributed by atoms with E-state index in [-0.39, 0.29) is 0 Å². The van der Waals surface area contributed by atoms with Crippen LogP contribution in [-0.2, 0) is 17.9 Å². The molecular formula is C17H18NO. The predicted octanol–water partition coefficient (Wildman–Crippen LogP) is 3.99. The molecule has 1 radical (unpaired) electrons. The van der Waals surface area contributed by atoms with Gasteiger partial charge in [0.1, 0.15) is 12.8 Å². The molecule has 0 amide bonds. The van der Waals surface area contributed by atoms with E-state index in [1.807, 2.05) is 30.3 Å². The van der Waals surface area contributed by atoms with Gasteiger partial charge in [-0.1, -0.05) is 54.5 Å². The van der Waals surface area contributed by atoms with Crippen LogP contribution in [0.1, 0.15) is 29.2 Å². The lowest BCUT2D eigenvalue weighted by atomic mass is 10.1. The summed E-state index contributed by atoms with van der Waals surface area (Å²) in [5.41, 5.74) is 4.59. The number of rotatable bonds is 5. The summed E-state index contributed by atoms with van der Waals surface area (Å²) in [5.74, 6) is 0. The molecule has 2 nitrogen and oxygen atoms in total.